The number of ether oxygens (including phenoxy) is 1. The van der Waals surface area contributed by atoms with Crippen molar-refractivity contribution in [2.24, 2.45) is 5.92 Å². The van der Waals surface area contributed by atoms with E-state index in [1.165, 1.54) is 12.1 Å². The topological polar surface area (TPSA) is 35.2 Å². The molecular formula is C12H17BrFNO. The zero-order valence-electron chi connectivity index (χ0n) is 9.59. The van der Waals surface area contributed by atoms with Crippen LogP contribution in [0, 0.1) is 11.7 Å². The lowest BCUT2D eigenvalue weighted by atomic mass is 10.1. The number of hydrogen-bond donors (Lipinski definition) is 1. The van der Waals surface area contributed by atoms with E-state index in [2.05, 4.69) is 29.8 Å². The van der Waals surface area contributed by atoms with Crippen LogP contribution in [0.4, 0.5) is 10.1 Å². The Bertz CT molecular complexity index is 357. The van der Waals surface area contributed by atoms with E-state index in [0.717, 1.165) is 12.8 Å². The van der Waals surface area contributed by atoms with Crippen LogP contribution in [0.2, 0.25) is 0 Å². The number of nitrogen functional groups attached to an aromatic ring is 1. The SMILES string of the molecule is CCCC(C)COc1cc(F)c(Br)cc1N. The summed E-state index contributed by atoms with van der Waals surface area (Å²) in [4.78, 5) is 0. The van der Waals surface area contributed by atoms with Gasteiger partial charge >= 0.3 is 0 Å². The maximum absolute atomic E-state index is 13.2. The van der Waals surface area contributed by atoms with Crippen molar-refractivity contribution in [3.63, 3.8) is 0 Å². The Labute approximate surface area is 104 Å². The van der Waals surface area contributed by atoms with Crippen LogP contribution in [0.15, 0.2) is 16.6 Å². The molecule has 0 saturated carbocycles. The van der Waals surface area contributed by atoms with E-state index < -0.39 is 0 Å². The largest absolute Gasteiger partial charge is 0.491 e. The summed E-state index contributed by atoms with van der Waals surface area (Å²) in [6.45, 7) is 4.80. The zero-order valence-corrected chi connectivity index (χ0v) is 11.2. The molecule has 0 bridgehead atoms. The van der Waals surface area contributed by atoms with Crippen LogP contribution in [0.1, 0.15) is 26.7 Å². The first-order valence-corrected chi connectivity index (χ1v) is 6.21. The minimum Gasteiger partial charge on any atom is -0.491 e. The molecule has 4 heteroatoms. The molecule has 0 heterocycles. The first kappa shape index (κ1) is 13.3. The van der Waals surface area contributed by atoms with Gasteiger partial charge in [-0.25, -0.2) is 4.39 Å². The summed E-state index contributed by atoms with van der Waals surface area (Å²) < 4.78 is 19.1. The normalized spacial score (nSPS) is 12.5. The van der Waals surface area contributed by atoms with Gasteiger partial charge in [0.1, 0.15) is 11.6 Å². The highest BCUT2D eigenvalue weighted by atomic mass is 79.9. The number of benzene rings is 1. The molecule has 0 saturated heterocycles. The van der Waals surface area contributed by atoms with Gasteiger partial charge in [0.2, 0.25) is 0 Å². The molecule has 1 atom stereocenters. The van der Waals surface area contributed by atoms with E-state index in [-0.39, 0.29) is 5.82 Å². The molecule has 2 nitrogen and oxygen atoms in total. The van der Waals surface area contributed by atoms with Crippen molar-refractivity contribution in [2.45, 2.75) is 26.7 Å². The number of hydrogen-bond acceptors (Lipinski definition) is 2. The quantitative estimate of drug-likeness (QED) is 0.832. The standard InChI is InChI=1S/C12H17BrFNO/c1-3-4-8(2)7-16-12-6-10(14)9(13)5-11(12)15/h5-6,8H,3-4,7,15H2,1-2H3. The Kier molecular flexibility index (Phi) is 5.06. The Morgan fingerprint density at radius 2 is 2.19 bits per heavy atom. The van der Waals surface area contributed by atoms with E-state index in [1.54, 1.807) is 0 Å². The molecule has 2 N–H and O–H groups in total. The molecule has 0 aromatic heterocycles. The summed E-state index contributed by atoms with van der Waals surface area (Å²) in [5.41, 5.74) is 6.18. The Morgan fingerprint density at radius 3 is 2.81 bits per heavy atom. The van der Waals surface area contributed by atoms with Crippen LogP contribution in [-0.4, -0.2) is 6.61 Å². The third-order valence-corrected chi connectivity index (χ3v) is 2.97. The summed E-state index contributed by atoms with van der Waals surface area (Å²) in [6.07, 6.45) is 2.22. The van der Waals surface area contributed by atoms with Gasteiger partial charge in [-0.1, -0.05) is 20.3 Å². The van der Waals surface area contributed by atoms with Crippen molar-refractivity contribution in [3.05, 3.63) is 22.4 Å². The lowest BCUT2D eigenvalue weighted by Crippen LogP contribution is -2.09. The lowest BCUT2D eigenvalue weighted by Gasteiger charge is -2.14. The minimum atomic E-state index is -0.354. The molecule has 16 heavy (non-hydrogen) atoms. The van der Waals surface area contributed by atoms with E-state index in [4.69, 9.17) is 10.5 Å². The van der Waals surface area contributed by atoms with Gasteiger partial charge in [-0.15, -0.1) is 0 Å². The predicted molar refractivity (Wildman–Crippen MR) is 68.1 cm³/mol. The summed E-state index contributed by atoms with van der Waals surface area (Å²) in [6, 6.07) is 2.84. The average molecular weight is 290 g/mol. The third-order valence-electron chi connectivity index (χ3n) is 2.36. The van der Waals surface area contributed by atoms with Crippen LogP contribution < -0.4 is 10.5 Å². The molecular weight excluding hydrogens is 273 g/mol. The average Bonchev–Trinajstić information content (AvgIpc) is 2.22. The lowest BCUT2D eigenvalue weighted by molar-refractivity contribution is 0.252. The molecule has 1 rings (SSSR count). The molecule has 90 valence electrons. The molecule has 0 fully saturated rings. The number of anilines is 1. The predicted octanol–water partition coefficient (Wildman–Crippen LogP) is 3.99. The van der Waals surface area contributed by atoms with E-state index in [0.29, 0.717) is 28.4 Å². The second-order valence-electron chi connectivity index (χ2n) is 4.01. The van der Waals surface area contributed by atoms with Gasteiger partial charge in [-0.3, -0.25) is 0 Å². The van der Waals surface area contributed by atoms with Gasteiger partial charge in [0.05, 0.1) is 16.8 Å². The van der Waals surface area contributed by atoms with Crippen molar-refractivity contribution in [2.75, 3.05) is 12.3 Å². The molecule has 1 aromatic carbocycles. The molecule has 1 aromatic rings. The minimum absolute atomic E-state index is 0.354. The van der Waals surface area contributed by atoms with Crippen LogP contribution >= 0.6 is 15.9 Å². The highest BCUT2D eigenvalue weighted by Crippen LogP contribution is 2.28. The zero-order chi connectivity index (χ0) is 12.1. The van der Waals surface area contributed by atoms with Gasteiger partial charge in [0.25, 0.3) is 0 Å². The molecule has 0 aliphatic heterocycles. The van der Waals surface area contributed by atoms with Crippen LogP contribution in [0.25, 0.3) is 0 Å². The number of rotatable bonds is 5. The maximum atomic E-state index is 13.2. The molecule has 0 aliphatic carbocycles. The number of nitrogens with two attached hydrogens (primary N) is 1. The Hall–Kier alpha value is -0.770. The number of halogens is 2. The first-order chi connectivity index (χ1) is 7.54. The van der Waals surface area contributed by atoms with Crippen LogP contribution in [-0.2, 0) is 0 Å². The van der Waals surface area contributed by atoms with E-state index >= 15 is 0 Å². The molecule has 0 radical (unpaired) electrons. The Balaban J connectivity index is 2.63. The van der Waals surface area contributed by atoms with Crippen molar-refractivity contribution < 1.29 is 9.13 Å². The van der Waals surface area contributed by atoms with E-state index in [1.807, 2.05) is 0 Å². The smallest absolute Gasteiger partial charge is 0.145 e. The van der Waals surface area contributed by atoms with Crippen LogP contribution in [0.5, 0.6) is 5.75 Å². The summed E-state index contributed by atoms with van der Waals surface area (Å²) >= 11 is 3.07. The molecule has 0 spiro atoms. The van der Waals surface area contributed by atoms with Gasteiger partial charge in [0.15, 0.2) is 0 Å². The van der Waals surface area contributed by atoms with Crippen molar-refractivity contribution in [3.8, 4) is 5.75 Å². The highest BCUT2D eigenvalue weighted by Gasteiger charge is 2.08. The summed E-state index contributed by atoms with van der Waals surface area (Å²) in [7, 11) is 0. The fraction of sp³-hybridized carbons (Fsp3) is 0.500. The molecule has 1 unspecified atom stereocenters. The van der Waals surface area contributed by atoms with Crippen molar-refractivity contribution >= 4 is 21.6 Å². The molecule has 0 amide bonds. The fourth-order valence-corrected chi connectivity index (χ4v) is 1.84. The second-order valence-corrected chi connectivity index (χ2v) is 4.86. The second kappa shape index (κ2) is 6.09. The summed E-state index contributed by atoms with van der Waals surface area (Å²) in [5, 5.41) is 0. The van der Waals surface area contributed by atoms with Gasteiger partial charge in [0, 0.05) is 6.07 Å². The Morgan fingerprint density at radius 1 is 1.50 bits per heavy atom. The first-order valence-electron chi connectivity index (χ1n) is 5.42. The monoisotopic (exact) mass is 289 g/mol. The summed E-state index contributed by atoms with van der Waals surface area (Å²) in [5.74, 6) is 0.520. The van der Waals surface area contributed by atoms with Gasteiger partial charge < -0.3 is 10.5 Å². The van der Waals surface area contributed by atoms with Gasteiger partial charge in [-0.05, 0) is 34.3 Å². The molecule has 0 aliphatic rings. The van der Waals surface area contributed by atoms with Gasteiger partial charge in [-0.2, -0.15) is 0 Å². The fourth-order valence-electron chi connectivity index (χ4n) is 1.48. The van der Waals surface area contributed by atoms with Crippen LogP contribution in [0.3, 0.4) is 0 Å². The van der Waals surface area contributed by atoms with Crippen molar-refractivity contribution in [1.82, 2.24) is 0 Å². The third kappa shape index (κ3) is 3.67. The maximum Gasteiger partial charge on any atom is 0.145 e. The van der Waals surface area contributed by atoms with Crippen molar-refractivity contribution in [1.29, 1.82) is 0 Å². The highest BCUT2D eigenvalue weighted by molar-refractivity contribution is 9.10. The van der Waals surface area contributed by atoms with E-state index in [9.17, 15) is 4.39 Å².